The van der Waals surface area contributed by atoms with Crippen molar-refractivity contribution in [3.05, 3.63) is 0 Å². The highest BCUT2D eigenvalue weighted by atomic mass is 16.4. The maximum absolute atomic E-state index is 10.9. The van der Waals surface area contributed by atoms with E-state index in [9.17, 15) is 19.2 Å². The number of carboxylic acid groups (broad SMARTS) is 4. The highest BCUT2D eigenvalue weighted by Crippen LogP contribution is 1.93. The minimum atomic E-state index is -1.05. The summed E-state index contributed by atoms with van der Waals surface area (Å²) in [6.07, 6.45) is 0. The molecule has 6 N–H and O–H groups in total. The molecule has 0 amide bonds. The topological polar surface area (TPSA) is 180 Å². The van der Waals surface area contributed by atoms with Crippen molar-refractivity contribution in [2.75, 3.05) is 65.4 Å². The summed E-state index contributed by atoms with van der Waals surface area (Å²) in [6.45, 7) is 0.690. The Hall–Kier alpha value is -2.28. The second-order valence-corrected chi connectivity index (χ2v) is 5.48. The summed E-state index contributed by atoms with van der Waals surface area (Å²) in [7, 11) is 0. The van der Waals surface area contributed by atoms with Gasteiger partial charge in [-0.15, -0.1) is 0 Å². The molecule has 150 valence electrons. The predicted octanol–water partition coefficient (Wildman–Crippen LogP) is -2.89. The third-order valence-electron chi connectivity index (χ3n) is 3.21. The average molecular weight is 378 g/mol. The number of nitrogens with one attached hydrogen (secondary N) is 2. The molecule has 0 aromatic heterocycles. The molecule has 0 radical (unpaired) electrons. The first kappa shape index (κ1) is 23.7. The van der Waals surface area contributed by atoms with E-state index in [1.54, 1.807) is 9.80 Å². The number of hydrogen-bond donors (Lipinski definition) is 6. The molecule has 0 aromatic carbocycles. The van der Waals surface area contributed by atoms with Crippen molar-refractivity contribution < 1.29 is 39.6 Å². The molecule has 0 aliphatic heterocycles. The molecule has 0 saturated heterocycles. The van der Waals surface area contributed by atoms with Crippen LogP contribution in [0.25, 0.3) is 0 Å². The van der Waals surface area contributed by atoms with Crippen LogP contribution in [0.2, 0.25) is 0 Å². The van der Waals surface area contributed by atoms with E-state index in [0.29, 0.717) is 0 Å². The largest absolute Gasteiger partial charge is 0.480 e. The fourth-order valence-electron chi connectivity index (χ4n) is 2.07. The summed E-state index contributed by atoms with van der Waals surface area (Å²) in [6, 6.07) is 0. The van der Waals surface area contributed by atoms with Crippen molar-refractivity contribution in [2.24, 2.45) is 0 Å². The molecule has 0 atom stereocenters. The molecule has 0 heterocycles. The normalized spacial score (nSPS) is 11.0. The first-order chi connectivity index (χ1) is 12.2. The van der Waals surface area contributed by atoms with Gasteiger partial charge in [0.05, 0.1) is 26.2 Å². The predicted molar refractivity (Wildman–Crippen MR) is 89.2 cm³/mol. The Morgan fingerprint density at radius 2 is 0.923 bits per heavy atom. The van der Waals surface area contributed by atoms with E-state index >= 15 is 0 Å². The van der Waals surface area contributed by atoms with Gasteiger partial charge in [-0.1, -0.05) is 0 Å². The van der Waals surface area contributed by atoms with E-state index in [2.05, 4.69) is 10.6 Å². The van der Waals surface area contributed by atoms with E-state index in [4.69, 9.17) is 20.4 Å². The number of rotatable bonds is 17. The minimum absolute atomic E-state index is 0.235. The van der Waals surface area contributed by atoms with Crippen molar-refractivity contribution in [3.63, 3.8) is 0 Å². The van der Waals surface area contributed by atoms with Crippen LogP contribution >= 0.6 is 0 Å². The SMILES string of the molecule is O=C(O)CNCCN(CCN(CCNCC(=O)O)CC(=O)O)CC(=O)O. The van der Waals surface area contributed by atoms with Crippen LogP contribution in [0, 0.1) is 0 Å². The third-order valence-corrected chi connectivity index (χ3v) is 3.21. The summed E-state index contributed by atoms with van der Waals surface area (Å²) < 4.78 is 0. The summed E-state index contributed by atoms with van der Waals surface area (Å²) >= 11 is 0. The Morgan fingerprint density at radius 1 is 0.577 bits per heavy atom. The van der Waals surface area contributed by atoms with Crippen LogP contribution < -0.4 is 10.6 Å². The smallest absolute Gasteiger partial charge is 0.317 e. The van der Waals surface area contributed by atoms with Gasteiger partial charge in [-0.3, -0.25) is 29.0 Å². The molecule has 0 aliphatic carbocycles. The van der Waals surface area contributed by atoms with E-state index in [-0.39, 0.29) is 65.4 Å². The number of hydrogen-bond acceptors (Lipinski definition) is 8. The van der Waals surface area contributed by atoms with E-state index in [1.807, 2.05) is 0 Å². The zero-order chi connectivity index (χ0) is 19.9. The lowest BCUT2D eigenvalue weighted by atomic mass is 10.3. The fraction of sp³-hybridized carbons (Fsp3) is 0.714. The van der Waals surface area contributed by atoms with E-state index in [1.165, 1.54) is 0 Å². The van der Waals surface area contributed by atoms with Crippen LogP contribution in [0.4, 0.5) is 0 Å². The lowest BCUT2D eigenvalue weighted by Crippen LogP contribution is -2.44. The van der Waals surface area contributed by atoms with Crippen molar-refractivity contribution >= 4 is 23.9 Å². The highest BCUT2D eigenvalue weighted by molar-refractivity contribution is 5.70. The quantitative estimate of drug-likeness (QED) is 0.142. The Labute approximate surface area is 150 Å². The molecular weight excluding hydrogens is 352 g/mol. The maximum atomic E-state index is 10.9. The van der Waals surface area contributed by atoms with Gasteiger partial charge in [0.25, 0.3) is 0 Å². The molecule has 0 spiro atoms. The van der Waals surface area contributed by atoms with Crippen LogP contribution in [0.5, 0.6) is 0 Å². The van der Waals surface area contributed by atoms with Crippen LogP contribution in [0.15, 0.2) is 0 Å². The number of nitrogens with zero attached hydrogens (tertiary/aromatic N) is 2. The van der Waals surface area contributed by atoms with Gasteiger partial charge in [-0.05, 0) is 0 Å². The molecular formula is C14H26N4O8. The molecule has 26 heavy (non-hydrogen) atoms. The Morgan fingerprint density at radius 3 is 1.19 bits per heavy atom. The number of aliphatic carboxylic acids is 4. The van der Waals surface area contributed by atoms with Crippen LogP contribution in [0.3, 0.4) is 0 Å². The molecule has 0 saturated carbocycles. The lowest BCUT2D eigenvalue weighted by Gasteiger charge is -2.26. The molecule has 0 aliphatic rings. The molecule has 0 fully saturated rings. The van der Waals surface area contributed by atoms with Gasteiger partial charge < -0.3 is 31.1 Å². The molecule has 0 aromatic rings. The number of carbonyl (C=O) groups is 4. The number of carboxylic acids is 4. The van der Waals surface area contributed by atoms with Gasteiger partial charge in [0.15, 0.2) is 0 Å². The zero-order valence-electron chi connectivity index (χ0n) is 14.4. The first-order valence-electron chi connectivity index (χ1n) is 7.94. The Kier molecular flexibility index (Phi) is 12.7. The van der Waals surface area contributed by atoms with Crippen molar-refractivity contribution in [1.82, 2.24) is 20.4 Å². The van der Waals surface area contributed by atoms with Crippen LogP contribution in [-0.2, 0) is 19.2 Å². The molecule has 12 heteroatoms. The summed E-state index contributed by atoms with van der Waals surface area (Å²) in [5.74, 6) is -4.13. The standard InChI is InChI=1S/C14H26N4O8/c19-11(20)7-15-1-3-17(9-13(23)24)5-6-18(10-14(25)26)4-2-16-8-12(21)22/h15-16H,1-10H2,(H,19,20)(H,21,22)(H,23,24)(H,25,26). The second-order valence-electron chi connectivity index (χ2n) is 5.48. The Balaban J connectivity index is 4.41. The third kappa shape index (κ3) is 15.3. The summed E-state index contributed by atoms with van der Waals surface area (Å²) in [5.41, 5.74) is 0. The molecule has 12 nitrogen and oxygen atoms in total. The van der Waals surface area contributed by atoms with Crippen molar-refractivity contribution in [2.45, 2.75) is 0 Å². The van der Waals surface area contributed by atoms with E-state index < -0.39 is 23.9 Å². The van der Waals surface area contributed by atoms with Crippen LogP contribution in [-0.4, -0.2) is 120 Å². The zero-order valence-corrected chi connectivity index (χ0v) is 14.4. The average Bonchev–Trinajstić information content (AvgIpc) is 2.51. The van der Waals surface area contributed by atoms with Crippen LogP contribution in [0.1, 0.15) is 0 Å². The van der Waals surface area contributed by atoms with Crippen molar-refractivity contribution in [1.29, 1.82) is 0 Å². The molecule has 0 bridgehead atoms. The second kappa shape index (κ2) is 13.9. The Bertz CT molecular complexity index is 432. The lowest BCUT2D eigenvalue weighted by molar-refractivity contribution is -0.140. The van der Waals surface area contributed by atoms with E-state index in [0.717, 1.165) is 0 Å². The van der Waals surface area contributed by atoms with Gasteiger partial charge >= 0.3 is 23.9 Å². The fourth-order valence-corrected chi connectivity index (χ4v) is 2.07. The maximum Gasteiger partial charge on any atom is 0.317 e. The van der Waals surface area contributed by atoms with Gasteiger partial charge in [-0.2, -0.15) is 0 Å². The van der Waals surface area contributed by atoms with Gasteiger partial charge in [0, 0.05) is 39.3 Å². The highest BCUT2D eigenvalue weighted by Gasteiger charge is 2.14. The molecule has 0 unspecified atom stereocenters. The van der Waals surface area contributed by atoms with Gasteiger partial charge in [0.2, 0.25) is 0 Å². The summed E-state index contributed by atoms with van der Waals surface area (Å²) in [5, 5.41) is 40.3. The summed E-state index contributed by atoms with van der Waals surface area (Å²) in [4.78, 5) is 45.8. The monoisotopic (exact) mass is 378 g/mol. The van der Waals surface area contributed by atoms with Gasteiger partial charge in [0.1, 0.15) is 0 Å². The minimum Gasteiger partial charge on any atom is -0.480 e. The molecule has 0 rings (SSSR count). The van der Waals surface area contributed by atoms with Gasteiger partial charge in [-0.25, -0.2) is 0 Å². The van der Waals surface area contributed by atoms with Crippen molar-refractivity contribution in [3.8, 4) is 0 Å². The first-order valence-corrected chi connectivity index (χ1v) is 7.94.